The van der Waals surface area contributed by atoms with Gasteiger partial charge in [0.2, 0.25) is 0 Å². The van der Waals surface area contributed by atoms with Crippen LogP contribution in [-0.4, -0.2) is 25.3 Å². The van der Waals surface area contributed by atoms with E-state index < -0.39 is 12.1 Å². The summed E-state index contributed by atoms with van der Waals surface area (Å²) in [5.41, 5.74) is 2.58. The predicted octanol–water partition coefficient (Wildman–Crippen LogP) is 3.82. The summed E-state index contributed by atoms with van der Waals surface area (Å²) in [5, 5.41) is 1.05. The van der Waals surface area contributed by atoms with E-state index in [1.165, 1.54) is 0 Å². The van der Waals surface area contributed by atoms with Crippen LogP contribution in [0.4, 0.5) is 0 Å². The molecule has 0 fully saturated rings. The van der Waals surface area contributed by atoms with E-state index in [-0.39, 0.29) is 5.92 Å². The molecule has 4 rings (SSSR count). The van der Waals surface area contributed by atoms with Crippen LogP contribution in [0.15, 0.2) is 55.3 Å². The molecule has 1 unspecified atom stereocenters. The van der Waals surface area contributed by atoms with Gasteiger partial charge in [-0.3, -0.25) is 0 Å². The van der Waals surface area contributed by atoms with Crippen molar-refractivity contribution >= 4 is 10.9 Å². The van der Waals surface area contributed by atoms with E-state index in [1.807, 2.05) is 30.3 Å². The third kappa shape index (κ3) is 2.65. The van der Waals surface area contributed by atoms with Gasteiger partial charge in [0.15, 0.2) is 6.29 Å². The van der Waals surface area contributed by atoms with Crippen molar-refractivity contribution in [1.29, 1.82) is 0 Å². The molecule has 1 spiro atoms. The average molecular weight is 339 g/mol. The number of allylic oxidation sites excluding steroid dienone is 1. The van der Waals surface area contributed by atoms with Gasteiger partial charge in [-0.1, -0.05) is 24.3 Å². The van der Waals surface area contributed by atoms with Crippen molar-refractivity contribution in [3.05, 3.63) is 66.6 Å². The lowest BCUT2D eigenvalue weighted by molar-refractivity contribution is -0.315. The van der Waals surface area contributed by atoms with Crippen LogP contribution < -0.4 is 0 Å². The Bertz CT molecular complexity index is 818. The minimum absolute atomic E-state index is 0.00718. The molecule has 0 saturated heterocycles. The fourth-order valence-corrected chi connectivity index (χ4v) is 3.52. The quantitative estimate of drug-likeness (QED) is 0.775. The fourth-order valence-electron chi connectivity index (χ4n) is 3.52. The maximum atomic E-state index is 6.31. The van der Waals surface area contributed by atoms with E-state index in [4.69, 9.17) is 23.9 Å². The zero-order valence-electron chi connectivity index (χ0n) is 14.2. The van der Waals surface area contributed by atoms with Crippen LogP contribution in [0, 0.1) is 5.92 Å². The van der Waals surface area contributed by atoms with Crippen molar-refractivity contribution in [3.63, 3.8) is 0 Å². The molecule has 5 nitrogen and oxygen atoms in total. The average Bonchev–Trinajstić information content (AvgIpc) is 2.94. The smallest absolute Gasteiger partial charge is 0.261 e. The van der Waals surface area contributed by atoms with Gasteiger partial charge in [-0.15, -0.1) is 6.58 Å². The molecule has 1 aromatic heterocycles. The lowest BCUT2D eigenvalue weighted by atomic mass is 9.90. The summed E-state index contributed by atoms with van der Waals surface area (Å²) < 4.78 is 23.6. The molecule has 130 valence electrons. The number of hydrogen-bond acceptors (Lipinski definition) is 5. The van der Waals surface area contributed by atoms with Crippen molar-refractivity contribution in [3.8, 4) is 0 Å². The highest BCUT2D eigenvalue weighted by Gasteiger charge is 2.55. The Morgan fingerprint density at radius 3 is 3.12 bits per heavy atom. The maximum absolute atomic E-state index is 6.31. The Labute approximate surface area is 146 Å². The van der Waals surface area contributed by atoms with Crippen LogP contribution >= 0.6 is 0 Å². The number of fused-ring (bicyclic) bond motifs is 3. The molecule has 0 amide bonds. The fraction of sp³-hybridized carbons (Fsp3) is 0.350. The van der Waals surface area contributed by atoms with Crippen LogP contribution in [0.25, 0.3) is 10.9 Å². The third-order valence-electron chi connectivity index (χ3n) is 4.65. The van der Waals surface area contributed by atoms with Gasteiger partial charge in [-0.05, 0) is 24.6 Å². The van der Waals surface area contributed by atoms with Gasteiger partial charge >= 0.3 is 0 Å². The molecule has 25 heavy (non-hydrogen) atoms. The maximum Gasteiger partial charge on any atom is 0.261 e. The first-order valence-corrected chi connectivity index (χ1v) is 8.40. The van der Waals surface area contributed by atoms with Gasteiger partial charge in [0.05, 0.1) is 30.9 Å². The third-order valence-corrected chi connectivity index (χ3v) is 4.65. The molecule has 1 aromatic carbocycles. The number of rotatable bonds is 5. The summed E-state index contributed by atoms with van der Waals surface area (Å²) >= 11 is 0. The largest absolute Gasteiger partial charge is 0.464 e. The van der Waals surface area contributed by atoms with Gasteiger partial charge in [0.25, 0.3) is 5.79 Å². The molecule has 0 saturated carbocycles. The first-order valence-electron chi connectivity index (χ1n) is 8.40. The SMILES string of the molecule is C=CCO[C@H]1O[C@]2(OC=CCC2COC)c2nc3ccccc3cc21. The molecule has 0 radical (unpaired) electrons. The highest BCUT2D eigenvalue weighted by molar-refractivity contribution is 5.79. The Morgan fingerprint density at radius 1 is 1.40 bits per heavy atom. The Kier molecular flexibility index (Phi) is 4.29. The van der Waals surface area contributed by atoms with Crippen LogP contribution in [-0.2, 0) is 24.7 Å². The van der Waals surface area contributed by atoms with Crippen LogP contribution in [0.2, 0.25) is 0 Å². The topological polar surface area (TPSA) is 49.8 Å². The highest BCUT2D eigenvalue weighted by Crippen LogP contribution is 2.51. The lowest BCUT2D eigenvalue weighted by Gasteiger charge is -2.37. The van der Waals surface area contributed by atoms with Crippen molar-refractivity contribution < 1.29 is 18.9 Å². The second-order valence-electron chi connectivity index (χ2n) is 6.24. The van der Waals surface area contributed by atoms with Gasteiger partial charge in [0.1, 0.15) is 5.69 Å². The molecule has 5 heteroatoms. The molecule has 2 aliphatic heterocycles. The van der Waals surface area contributed by atoms with E-state index >= 15 is 0 Å². The van der Waals surface area contributed by atoms with E-state index in [2.05, 4.69) is 12.6 Å². The van der Waals surface area contributed by atoms with Crippen molar-refractivity contribution in [2.45, 2.75) is 18.5 Å². The molecule has 3 atom stereocenters. The number of aromatic nitrogens is 1. The molecule has 0 bridgehead atoms. The van der Waals surface area contributed by atoms with Gasteiger partial charge in [-0.25, -0.2) is 4.98 Å². The summed E-state index contributed by atoms with van der Waals surface area (Å²) in [7, 11) is 1.68. The van der Waals surface area contributed by atoms with E-state index in [0.29, 0.717) is 13.2 Å². The van der Waals surface area contributed by atoms with Gasteiger partial charge < -0.3 is 18.9 Å². The standard InChI is InChI=1S/C20H21NO4/c1-3-10-23-19-16-12-14-7-4-5-9-17(14)21-18(16)20(25-19)15(13-22-2)8-6-11-24-20/h3-7,9,11-12,15,19H,1,8,10,13H2,2H3/t15?,19-,20-/m0/s1. The van der Waals surface area contributed by atoms with E-state index in [0.717, 1.165) is 28.6 Å². The monoisotopic (exact) mass is 339 g/mol. The van der Waals surface area contributed by atoms with Gasteiger partial charge in [-0.2, -0.15) is 0 Å². The molecule has 2 aromatic rings. The molecule has 3 heterocycles. The number of ether oxygens (including phenoxy) is 4. The summed E-state index contributed by atoms with van der Waals surface area (Å²) in [5.74, 6) is -0.997. The van der Waals surface area contributed by atoms with Gasteiger partial charge in [0, 0.05) is 18.1 Å². The van der Waals surface area contributed by atoms with E-state index in [9.17, 15) is 0 Å². The number of para-hydroxylation sites is 1. The minimum Gasteiger partial charge on any atom is -0.464 e. The number of benzene rings is 1. The summed E-state index contributed by atoms with van der Waals surface area (Å²) in [6.07, 6.45) is 5.61. The predicted molar refractivity (Wildman–Crippen MR) is 93.6 cm³/mol. The molecular weight excluding hydrogens is 318 g/mol. The van der Waals surface area contributed by atoms with Crippen molar-refractivity contribution in [1.82, 2.24) is 4.98 Å². The first-order chi connectivity index (χ1) is 12.3. The second kappa shape index (κ2) is 6.59. The van der Waals surface area contributed by atoms with Crippen LogP contribution in [0.5, 0.6) is 0 Å². The summed E-state index contributed by atoms with van der Waals surface area (Å²) in [6.45, 7) is 4.61. The summed E-state index contributed by atoms with van der Waals surface area (Å²) in [6, 6.07) is 10.1. The molecular formula is C20H21NO4. The molecule has 0 N–H and O–H groups in total. The molecule has 2 aliphatic rings. The number of pyridine rings is 1. The number of methoxy groups -OCH3 is 1. The summed E-state index contributed by atoms with van der Waals surface area (Å²) in [4.78, 5) is 4.88. The minimum atomic E-state index is -0.990. The zero-order valence-corrected chi connectivity index (χ0v) is 14.2. The van der Waals surface area contributed by atoms with Crippen LogP contribution in [0.1, 0.15) is 24.0 Å². The Morgan fingerprint density at radius 2 is 2.28 bits per heavy atom. The Balaban J connectivity index is 1.86. The second-order valence-corrected chi connectivity index (χ2v) is 6.24. The lowest BCUT2D eigenvalue weighted by Crippen LogP contribution is -2.41. The van der Waals surface area contributed by atoms with Crippen molar-refractivity contribution in [2.75, 3.05) is 20.3 Å². The van der Waals surface area contributed by atoms with E-state index in [1.54, 1.807) is 19.4 Å². The Hall–Kier alpha value is -2.21. The highest BCUT2D eigenvalue weighted by atomic mass is 16.8. The molecule has 0 aliphatic carbocycles. The first kappa shape index (κ1) is 16.3. The number of hydrogen-bond donors (Lipinski definition) is 0. The normalized spacial score (nSPS) is 27.4. The number of nitrogens with zero attached hydrogens (tertiary/aromatic N) is 1. The van der Waals surface area contributed by atoms with Crippen LogP contribution in [0.3, 0.4) is 0 Å². The zero-order chi connectivity index (χ0) is 17.3. The van der Waals surface area contributed by atoms with Crippen molar-refractivity contribution in [2.24, 2.45) is 5.92 Å².